The van der Waals surface area contributed by atoms with Crippen LogP contribution in [0, 0.1) is 11.3 Å². The maximum Gasteiger partial charge on any atom is 0.338 e. The Morgan fingerprint density at radius 2 is 1.93 bits per heavy atom. The van der Waals surface area contributed by atoms with Gasteiger partial charge in [0.15, 0.2) is 0 Å². The highest BCUT2D eigenvalue weighted by Gasteiger charge is 2.13. The predicted molar refractivity (Wildman–Crippen MR) is 103 cm³/mol. The molecule has 138 valence electrons. The van der Waals surface area contributed by atoms with Gasteiger partial charge in [-0.3, -0.25) is 4.79 Å². The summed E-state index contributed by atoms with van der Waals surface area (Å²) in [6.45, 7) is 2.01. The van der Waals surface area contributed by atoms with E-state index < -0.39 is 11.9 Å². The van der Waals surface area contributed by atoms with Crippen LogP contribution in [0.1, 0.15) is 22.8 Å². The molecule has 6 nitrogen and oxygen atoms in total. The molecule has 0 aromatic heterocycles. The molecule has 0 bridgehead atoms. The van der Waals surface area contributed by atoms with E-state index in [1.54, 1.807) is 43.3 Å². The van der Waals surface area contributed by atoms with Crippen molar-refractivity contribution in [3.05, 3.63) is 64.2 Å². The summed E-state index contributed by atoms with van der Waals surface area (Å²) in [6, 6.07) is 13.0. The van der Waals surface area contributed by atoms with Crippen LogP contribution < -0.4 is 10.1 Å². The maximum atomic E-state index is 12.4. The minimum absolute atomic E-state index is 0.110. The molecule has 0 aliphatic rings. The highest BCUT2D eigenvalue weighted by atomic mass is 35.5. The second-order valence-corrected chi connectivity index (χ2v) is 5.75. The summed E-state index contributed by atoms with van der Waals surface area (Å²) in [6.07, 6.45) is 1.42. The van der Waals surface area contributed by atoms with Crippen LogP contribution in [0.25, 0.3) is 6.08 Å². The summed E-state index contributed by atoms with van der Waals surface area (Å²) in [5.74, 6) is -0.615. The molecular formula is C20H17ClN2O4. The van der Waals surface area contributed by atoms with Gasteiger partial charge in [-0.1, -0.05) is 23.7 Å². The molecule has 0 spiro atoms. The van der Waals surface area contributed by atoms with Crippen LogP contribution in [0.4, 0.5) is 5.69 Å². The molecule has 7 heteroatoms. The minimum atomic E-state index is -0.604. The number of nitrogens with zero attached hydrogens (tertiary/aromatic N) is 1. The van der Waals surface area contributed by atoms with Crippen molar-refractivity contribution < 1.29 is 19.1 Å². The van der Waals surface area contributed by atoms with Gasteiger partial charge in [-0.25, -0.2) is 4.79 Å². The number of hydrogen-bond donors (Lipinski definition) is 1. The first-order valence-corrected chi connectivity index (χ1v) is 8.40. The molecule has 0 unspecified atom stereocenters. The van der Waals surface area contributed by atoms with Crippen molar-refractivity contribution in [2.45, 2.75) is 6.92 Å². The zero-order valence-corrected chi connectivity index (χ0v) is 15.5. The van der Waals surface area contributed by atoms with Crippen molar-refractivity contribution in [1.82, 2.24) is 0 Å². The van der Waals surface area contributed by atoms with Gasteiger partial charge in [0, 0.05) is 5.02 Å². The molecule has 0 aliphatic carbocycles. The fourth-order valence-electron chi connectivity index (χ4n) is 2.21. The first kappa shape index (κ1) is 20.0. The van der Waals surface area contributed by atoms with Crippen LogP contribution >= 0.6 is 11.6 Å². The molecule has 0 radical (unpaired) electrons. The van der Waals surface area contributed by atoms with Gasteiger partial charge in [-0.15, -0.1) is 0 Å². The third-order valence-electron chi connectivity index (χ3n) is 3.51. The predicted octanol–water partition coefficient (Wildman–Crippen LogP) is 4.07. The van der Waals surface area contributed by atoms with E-state index in [0.717, 1.165) is 0 Å². The van der Waals surface area contributed by atoms with E-state index in [-0.39, 0.29) is 12.2 Å². The fraction of sp³-hybridized carbons (Fsp3) is 0.150. The number of amides is 1. The number of hydrogen-bond acceptors (Lipinski definition) is 5. The van der Waals surface area contributed by atoms with Crippen LogP contribution in [0.15, 0.2) is 48.0 Å². The topological polar surface area (TPSA) is 88.4 Å². The molecule has 0 atom stereocenters. The zero-order valence-electron chi connectivity index (χ0n) is 14.8. The standard InChI is InChI=1S/C20H17ClN2O4/c1-3-27-20(25)14-6-4-13(5-7-14)10-15(12-22)19(24)23-17-11-16(21)8-9-18(17)26-2/h4-11H,3H2,1-2H3,(H,23,24)/b15-10+. The number of nitrogens with one attached hydrogen (secondary N) is 1. The maximum absolute atomic E-state index is 12.4. The lowest BCUT2D eigenvalue weighted by Crippen LogP contribution is -2.14. The van der Waals surface area contributed by atoms with Gasteiger partial charge in [-0.2, -0.15) is 5.26 Å². The summed E-state index contributed by atoms with van der Waals surface area (Å²) < 4.78 is 10.1. The fourth-order valence-corrected chi connectivity index (χ4v) is 2.38. The van der Waals surface area contributed by atoms with Gasteiger partial charge in [0.25, 0.3) is 5.91 Å². The van der Waals surface area contributed by atoms with Crippen molar-refractivity contribution in [1.29, 1.82) is 5.26 Å². The lowest BCUT2D eigenvalue weighted by molar-refractivity contribution is -0.112. The highest BCUT2D eigenvalue weighted by molar-refractivity contribution is 6.31. The molecule has 0 fully saturated rings. The van der Waals surface area contributed by atoms with Crippen molar-refractivity contribution in [3.63, 3.8) is 0 Å². The Balaban J connectivity index is 2.21. The van der Waals surface area contributed by atoms with Crippen molar-refractivity contribution in [3.8, 4) is 11.8 Å². The van der Waals surface area contributed by atoms with Crippen LogP contribution in [-0.4, -0.2) is 25.6 Å². The Morgan fingerprint density at radius 1 is 1.22 bits per heavy atom. The van der Waals surface area contributed by atoms with Crippen LogP contribution in [0.2, 0.25) is 5.02 Å². The van der Waals surface area contributed by atoms with E-state index in [9.17, 15) is 14.9 Å². The lowest BCUT2D eigenvalue weighted by Gasteiger charge is -2.10. The van der Waals surface area contributed by atoms with E-state index in [0.29, 0.717) is 27.6 Å². The molecule has 0 heterocycles. The second kappa shape index (κ2) is 9.41. The average molecular weight is 385 g/mol. The van der Waals surface area contributed by atoms with Gasteiger partial charge in [0.2, 0.25) is 0 Å². The quantitative estimate of drug-likeness (QED) is 0.460. The van der Waals surface area contributed by atoms with Crippen LogP contribution in [-0.2, 0) is 9.53 Å². The van der Waals surface area contributed by atoms with Gasteiger partial charge < -0.3 is 14.8 Å². The number of esters is 1. The number of benzene rings is 2. The van der Waals surface area contributed by atoms with E-state index in [2.05, 4.69) is 5.32 Å². The monoisotopic (exact) mass is 384 g/mol. The Bertz CT molecular complexity index is 915. The van der Waals surface area contributed by atoms with Gasteiger partial charge >= 0.3 is 5.97 Å². The Labute approximate surface area is 162 Å². The first-order chi connectivity index (χ1) is 13.0. The average Bonchev–Trinajstić information content (AvgIpc) is 2.67. The molecule has 1 amide bonds. The molecule has 1 N–H and O–H groups in total. The number of carbonyl (C=O) groups excluding carboxylic acids is 2. The normalized spacial score (nSPS) is 10.7. The van der Waals surface area contributed by atoms with E-state index >= 15 is 0 Å². The molecule has 27 heavy (non-hydrogen) atoms. The number of carbonyl (C=O) groups is 2. The first-order valence-electron chi connectivity index (χ1n) is 8.02. The molecule has 0 saturated carbocycles. The molecular weight excluding hydrogens is 368 g/mol. The lowest BCUT2D eigenvalue weighted by atomic mass is 10.1. The van der Waals surface area contributed by atoms with Crippen molar-refractivity contribution in [2.24, 2.45) is 0 Å². The van der Waals surface area contributed by atoms with Crippen LogP contribution in [0.5, 0.6) is 5.75 Å². The SMILES string of the molecule is CCOC(=O)c1ccc(/C=C(\C#N)C(=O)Nc2cc(Cl)ccc2OC)cc1. The highest BCUT2D eigenvalue weighted by Crippen LogP contribution is 2.28. The summed E-state index contributed by atoms with van der Waals surface area (Å²) in [4.78, 5) is 24.1. The third kappa shape index (κ3) is 5.33. The van der Waals surface area contributed by atoms with E-state index in [1.165, 1.54) is 19.3 Å². The zero-order chi connectivity index (χ0) is 19.8. The van der Waals surface area contributed by atoms with Gasteiger partial charge in [0.05, 0.1) is 25.0 Å². The molecule has 2 rings (SSSR count). The number of rotatable bonds is 6. The van der Waals surface area contributed by atoms with Crippen molar-refractivity contribution in [2.75, 3.05) is 19.0 Å². The number of ether oxygens (including phenoxy) is 2. The number of methoxy groups -OCH3 is 1. The third-order valence-corrected chi connectivity index (χ3v) is 3.74. The summed E-state index contributed by atoms with van der Waals surface area (Å²) in [5, 5.41) is 12.3. The Kier molecular flexibility index (Phi) is 6.98. The summed E-state index contributed by atoms with van der Waals surface area (Å²) >= 11 is 5.94. The van der Waals surface area contributed by atoms with Crippen molar-refractivity contribution >= 4 is 35.2 Å². The Hall–Kier alpha value is -3.30. The van der Waals surface area contributed by atoms with Crippen LogP contribution in [0.3, 0.4) is 0 Å². The molecule has 2 aromatic rings. The second-order valence-electron chi connectivity index (χ2n) is 5.31. The minimum Gasteiger partial charge on any atom is -0.495 e. The number of anilines is 1. The van der Waals surface area contributed by atoms with E-state index in [1.807, 2.05) is 6.07 Å². The summed E-state index contributed by atoms with van der Waals surface area (Å²) in [7, 11) is 1.46. The smallest absolute Gasteiger partial charge is 0.338 e. The summed E-state index contributed by atoms with van der Waals surface area (Å²) in [5.41, 5.74) is 1.23. The molecule has 2 aromatic carbocycles. The van der Waals surface area contributed by atoms with E-state index in [4.69, 9.17) is 21.1 Å². The number of halogens is 1. The van der Waals surface area contributed by atoms with Gasteiger partial charge in [-0.05, 0) is 48.9 Å². The molecule has 0 aliphatic heterocycles. The number of nitriles is 1. The largest absolute Gasteiger partial charge is 0.495 e. The Morgan fingerprint density at radius 3 is 2.52 bits per heavy atom. The molecule has 0 saturated heterocycles. The van der Waals surface area contributed by atoms with Gasteiger partial charge in [0.1, 0.15) is 17.4 Å².